The quantitative estimate of drug-likeness (QED) is 0.808. The lowest BCUT2D eigenvalue weighted by Gasteiger charge is -2.16. The predicted molar refractivity (Wildman–Crippen MR) is 58.6 cm³/mol. The Balaban J connectivity index is 2.09. The minimum absolute atomic E-state index is 0.0524. The molecule has 1 fully saturated rings. The maximum Gasteiger partial charge on any atom is 0.354 e. The van der Waals surface area contributed by atoms with Crippen molar-refractivity contribution in [2.75, 3.05) is 11.9 Å². The van der Waals surface area contributed by atoms with Crippen molar-refractivity contribution in [3.05, 3.63) is 23.9 Å². The average molecular weight is 222 g/mol. The summed E-state index contributed by atoms with van der Waals surface area (Å²) >= 11 is 0. The summed E-state index contributed by atoms with van der Waals surface area (Å²) in [7, 11) is 0. The standard InChI is InChI=1S/C11H14N2O3/c1-7-8(5-6-16-7)12-10-4-2-3-9(13-10)11(14)15/h2-4,7-8H,5-6H2,1H3,(H,12,13)(H,14,15). The lowest BCUT2D eigenvalue weighted by Crippen LogP contribution is -2.27. The molecular weight excluding hydrogens is 208 g/mol. The molecule has 2 heterocycles. The molecular formula is C11H14N2O3. The van der Waals surface area contributed by atoms with Crippen LogP contribution in [-0.4, -0.2) is 34.8 Å². The zero-order valence-corrected chi connectivity index (χ0v) is 9.01. The number of rotatable bonds is 3. The first-order valence-corrected chi connectivity index (χ1v) is 5.25. The van der Waals surface area contributed by atoms with Crippen LogP contribution in [0.25, 0.3) is 0 Å². The Bertz CT molecular complexity index is 395. The van der Waals surface area contributed by atoms with E-state index in [1.807, 2.05) is 6.92 Å². The van der Waals surface area contributed by atoms with E-state index in [9.17, 15) is 4.79 Å². The second-order valence-electron chi connectivity index (χ2n) is 3.83. The molecule has 1 aromatic heterocycles. The van der Waals surface area contributed by atoms with Crippen molar-refractivity contribution in [3.63, 3.8) is 0 Å². The summed E-state index contributed by atoms with van der Waals surface area (Å²) in [5.74, 6) is -0.429. The van der Waals surface area contributed by atoms with Gasteiger partial charge in [0, 0.05) is 6.61 Å². The molecule has 5 heteroatoms. The Hall–Kier alpha value is -1.62. The van der Waals surface area contributed by atoms with Crippen LogP contribution in [0.3, 0.4) is 0 Å². The van der Waals surface area contributed by atoms with Gasteiger partial charge >= 0.3 is 5.97 Å². The van der Waals surface area contributed by atoms with E-state index >= 15 is 0 Å². The summed E-state index contributed by atoms with van der Waals surface area (Å²) in [5.41, 5.74) is 0.0524. The fourth-order valence-corrected chi connectivity index (χ4v) is 1.75. The van der Waals surface area contributed by atoms with Gasteiger partial charge in [0.1, 0.15) is 5.82 Å². The average Bonchev–Trinajstić information content (AvgIpc) is 2.65. The van der Waals surface area contributed by atoms with Crippen LogP contribution in [0.4, 0.5) is 5.82 Å². The molecule has 1 aliphatic rings. The molecule has 86 valence electrons. The fraction of sp³-hybridized carbons (Fsp3) is 0.455. The van der Waals surface area contributed by atoms with Crippen molar-refractivity contribution in [1.82, 2.24) is 4.98 Å². The highest BCUT2D eigenvalue weighted by atomic mass is 16.5. The molecule has 5 nitrogen and oxygen atoms in total. The number of hydrogen-bond donors (Lipinski definition) is 2. The number of anilines is 1. The molecule has 0 aliphatic carbocycles. The van der Waals surface area contributed by atoms with E-state index < -0.39 is 5.97 Å². The summed E-state index contributed by atoms with van der Waals surface area (Å²) < 4.78 is 5.41. The van der Waals surface area contributed by atoms with Crippen LogP contribution in [0.5, 0.6) is 0 Å². The first-order valence-electron chi connectivity index (χ1n) is 5.25. The lowest BCUT2D eigenvalue weighted by molar-refractivity contribution is 0.0690. The topological polar surface area (TPSA) is 71.5 Å². The first kappa shape index (κ1) is 10.9. The van der Waals surface area contributed by atoms with Crippen molar-refractivity contribution < 1.29 is 14.6 Å². The Labute approximate surface area is 93.5 Å². The summed E-state index contributed by atoms with van der Waals surface area (Å²) in [6.45, 7) is 2.73. The van der Waals surface area contributed by atoms with Gasteiger partial charge in [0.15, 0.2) is 5.69 Å². The van der Waals surface area contributed by atoms with E-state index in [4.69, 9.17) is 9.84 Å². The number of hydrogen-bond acceptors (Lipinski definition) is 4. The highest BCUT2D eigenvalue weighted by Gasteiger charge is 2.24. The molecule has 16 heavy (non-hydrogen) atoms. The largest absolute Gasteiger partial charge is 0.477 e. The molecule has 2 rings (SSSR count). The zero-order chi connectivity index (χ0) is 11.5. The second-order valence-corrected chi connectivity index (χ2v) is 3.83. The molecule has 2 atom stereocenters. The lowest BCUT2D eigenvalue weighted by atomic mass is 10.1. The molecule has 0 saturated carbocycles. The van der Waals surface area contributed by atoms with Gasteiger partial charge in [0.2, 0.25) is 0 Å². The zero-order valence-electron chi connectivity index (χ0n) is 9.01. The van der Waals surface area contributed by atoms with Crippen LogP contribution in [-0.2, 0) is 4.74 Å². The van der Waals surface area contributed by atoms with E-state index in [2.05, 4.69) is 10.3 Å². The van der Waals surface area contributed by atoms with E-state index in [0.29, 0.717) is 5.82 Å². The number of ether oxygens (including phenoxy) is 1. The van der Waals surface area contributed by atoms with Crippen LogP contribution in [0.1, 0.15) is 23.8 Å². The first-order chi connectivity index (χ1) is 7.66. The van der Waals surface area contributed by atoms with E-state index in [1.165, 1.54) is 6.07 Å². The van der Waals surface area contributed by atoms with Gasteiger partial charge in [-0.05, 0) is 25.5 Å². The SMILES string of the molecule is CC1OCCC1Nc1cccc(C(=O)O)n1. The van der Waals surface area contributed by atoms with Crippen LogP contribution in [0.2, 0.25) is 0 Å². The van der Waals surface area contributed by atoms with Crippen LogP contribution < -0.4 is 5.32 Å². The second kappa shape index (κ2) is 4.49. The van der Waals surface area contributed by atoms with Crippen molar-refractivity contribution in [2.45, 2.75) is 25.5 Å². The molecule has 0 bridgehead atoms. The Kier molecular flexibility index (Phi) is 3.05. The molecule has 0 spiro atoms. The highest BCUT2D eigenvalue weighted by molar-refractivity contribution is 5.85. The van der Waals surface area contributed by atoms with Gasteiger partial charge in [-0.25, -0.2) is 9.78 Å². The molecule has 2 N–H and O–H groups in total. The Morgan fingerprint density at radius 3 is 3.06 bits per heavy atom. The van der Waals surface area contributed by atoms with Crippen LogP contribution in [0, 0.1) is 0 Å². The third kappa shape index (κ3) is 2.30. The monoisotopic (exact) mass is 222 g/mol. The van der Waals surface area contributed by atoms with Crippen LogP contribution in [0.15, 0.2) is 18.2 Å². The third-order valence-electron chi connectivity index (χ3n) is 2.68. The number of nitrogens with zero attached hydrogens (tertiary/aromatic N) is 1. The van der Waals surface area contributed by atoms with E-state index in [-0.39, 0.29) is 17.8 Å². The molecule has 0 amide bonds. The number of aromatic nitrogens is 1. The van der Waals surface area contributed by atoms with Gasteiger partial charge in [-0.1, -0.05) is 6.07 Å². The Morgan fingerprint density at radius 1 is 1.62 bits per heavy atom. The normalized spacial score (nSPS) is 24.3. The van der Waals surface area contributed by atoms with E-state index in [1.54, 1.807) is 12.1 Å². The predicted octanol–water partition coefficient (Wildman–Crippen LogP) is 1.37. The maximum absolute atomic E-state index is 10.7. The summed E-state index contributed by atoms with van der Waals surface area (Å²) in [4.78, 5) is 14.7. The molecule has 1 aliphatic heterocycles. The van der Waals surface area contributed by atoms with Gasteiger partial charge < -0.3 is 15.2 Å². The summed E-state index contributed by atoms with van der Waals surface area (Å²) in [6, 6.07) is 5.12. The third-order valence-corrected chi connectivity index (χ3v) is 2.68. The van der Waals surface area contributed by atoms with Crippen molar-refractivity contribution in [2.24, 2.45) is 0 Å². The van der Waals surface area contributed by atoms with Crippen molar-refractivity contribution >= 4 is 11.8 Å². The van der Waals surface area contributed by atoms with Crippen molar-refractivity contribution in [3.8, 4) is 0 Å². The number of pyridine rings is 1. The molecule has 1 aromatic rings. The van der Waals surface area contributed by atoms with Crippen LogP contribution >= 0.6 is 0 Å². The molecule has 0 aromatic carbocycles. The minimum Gasteiger partial charge on any atom is -0.477 e. The Morgan fingerprint density at radius 2 is 2.44 bits per heavy atom. The summed E-state index contributed by atoms with van der Waals surface area (Å²) in [5, 5.41) is 12.0. The minimum atomic E-state index is -1.01. The van der Waals surface area contributed by atoms with Crippen molar-refractivity contribution in [1.29, 1.82) is 0 Å². The smallest absolute Gasteiger partial charge is 0.354 e. The van der Waals surface area contributed by atoms with Gasteiger partial charge in [0.25, 0.3) is 0 Å². The maximum atomic E-state index is 10.7. The van der Waals surface area contributed by atoms with Gasteiger partial charge in [-0.3, -0.25) is 0 Å². The number of carboxylic acid groups (broad SMARTS) is 1. The number of nitrogens with one attached hydrogen (secondary N) is 1. The van der Waals surface area contributed by atoms with E-state index in [0.717, 1.165) is 13.0 Å². The van der Waals surface area contributed by atoms with Gasteiger partial charge in [-0.15, -0.1) is 0 Å². The van der Waals surface area contributed by atoms with Gasteiger partial charge in [-0.2, -0.15) is 0 Å². The highest BCUT2D eigenvalue weighted by Crippen LogP contribution is 2.17. The number of aromatic carboxylic acids is 1. The fourth-order valence-electron chi connectivity index (χ4n) is 1.75. The number of carboxylic acids is 1. The number of carbonyl (C=O) groups is 1. The molecule has 2 unspecified atom stereocenters. The van der Waals surface area contributed by atoms with Gasteiger partial charge in [0.05, 0.1) is 12.1 Å². The summed E-state index contributed by atoms with van der Waals surface area (Å²) in [6.07, 6.45) is 1.05. The molecule has 0 radical (unpaired) electrons. The molecule has 1 saturated heterocycles.